The van der Waals surface area contributed by atoms with Crippen molar-refractivity contribution in [2.45, 2.75) is 26.5 Å². The van der Waals surface area contributed by atoms with Gasteiger partial charge < -0.3 is 4.74 Å². The van der Waals surface area contributed by atoms with Gasteiger partial charge in [0.1, 0.15) is 12.4 Å². The molecule has 0 atom stereocenters. The van der Waals surface area contributed by atoms with Crippen molar-refractivity contribution in [3.63, 3.8) is 0 Å². The maximum Gasteiger partial charge on any atom is 0.266 e. The Bertz CT molecular complexity index is 1410. The van der Waals surface area contributed by atoms with E-state index in [9.17, 15) is 4.79 Å². The Hall–Kier alpha value is -3.83. The van der Waals surface area contributed by atoms with E-state index in [1.807, 2.05) is 98.8 Å². The molecule has 5 rings (SSSR count). The van der Waals surface area contributed by atoms with E-state index in [2.05, 4.69) is 18.2 Å². The summed E-state index contributed by atoms with van der Waals surface area (Å²) >= 11 is 1.41. The van der Waals surface area contributed by atoms with Gasteiger partial charge in [-0.2, -0.15) is 0 Å². The van der Waals surface area contributed by atoms with Crippen LogP contribution in [-0.2, 0) is 11.4 Å². The molecule has 0 spiro atoms. The average Bonchev–Trinajstić information content (AvgIpc) is 3.19. The second kappa shape index (κ2) is 10.2. The molecule has 4 aromatic rings. The first-order valence-electron chi connectivity index (χ1n) is 11.7. The van der Waals surface area contributed by atoms with Gasteiger partial charge in [-0.3, -0.25) is 9.69 Å². The van der Waals surface area contributed by atoms with Crippen molar-refractivity contribution in [1.82, 2.24) is 4.90 Å². The predicted octanol–water partition coefficient (Wildman–Crippen LogP) is 7.43. The van der Waals surface area contributed by atoms with E-state index in [0.29, 0.717) is 16.7 Å². The normalized spacial score (nSPS) is 16.1. The first kappa shape index (κ1) is 22.9. The van der Waals surface area contributed by atoms with Crippen molar-refractivity contribution in [2.24, 2.45) is 4.99 Å². The van der Waals surface area contributed by atoms with Crippen LogP contribution in [0.4, 0.5) is 5.69 Å². The molecule has 0 saturated carbocycles. The lowest BCUT2D eigenvalue weighted by molar-refractivity contribution is -0.123. The number of aliphatic imine (C=N–C) groups is 1. The molecule has 0 radical (unpaired) electrons. The molecule has 1 heterocycles. The Kier molecular flexibility index (Phi) is 6.68. The standard InChI is InChI=1S/C30H26N2O2S/c1-21(2)32-29(33)28(35-30(32)31-24-14-7-4-8-15-24)19-26-25-16-10-9-13-23(25)17-18-27(26)34-20-22-11-5-3-6-12-22/h3-19,21H,20H2,1-2H3/b28-19+,31-30?. The van der Waals surface area contributed by atoms with Gasteiger partial charge in [0.25, 0.3) is 5.91 Å². The Labute approximate surface area is 210 Å². The van der Waals surface area contributed by atoms with Crippen molar-refractivity contribution in [3.8, 4) is 5.75 Å². The third kappa shape index (κ3) is 5.00. The van der Waals surface area contributed by atoms with Gasteiger partial charge in [0, 0.05) is 11.6 Å². The molecule has 174 valence electrons. The third-order valence-electron chi connectivity index (χ3n) is 5.78. The van der Waals surface area contributed by atoms with Crippen LogP contribution in [0, 0.1) is 0 Å². The first-order chi connectivity index (χ1) is 17.1. The number of benzene rings is 4. The zero-order chi connectivity index (χ0) is 24.2. The smallest absolute Gasteiger partial charge is 0.266 e. The molecular formula is C30H26N2O2S. The third-order valence-corrected chi connectivity index (χ3v) is 6.76. The SMILES string of the molecule is CC(C)N1C(=O)/C(=C\c2c(OCc3ccccc3)ccc3ccccc23)SC1=Nc1ccccc1. The Balaban J connectivity index is 1.56. The lowest BCUT2D eigenvalue weighted by atomic mass is 10.0. The van der Waals surface area contributed by atoms with Crippen LogP contribution in [0.5, 0.6) is 5.75 Å². The van der Waals surface area contributed by atoms with Crippen molar-refractivity contribution in [2.75, 3.05) is 0 Å². The number of hydrogen-bond donors (Lipinski definition) is 0. The zero-order valence-corrected chi connectivity index (χ0v) is 20.5. The van der Waals surface area contributed by atoms with Crippen LogP contribution in [0.1, 0.15) is 25.0 Å². The highest BCUT2D eigenvalue weighted by Crippen LogP contribution is 2.38. The molecule has 1 aliphatic rings. The summed E-state index contributed by atoms with van der Waals surface area (Å²) in [5.74, 6) is 0.708. The molecule has 0 N–H and O–H groups in total. The van der Waals surface area contributed by atoms with Gasteiger partial charge >= 0.3 is 0 Å². The summed E-state index contributed by atoms with van der Waals surface area (Å²) in [6.07, 6.45) is 1.96. The number of para-hydroxylation sites is 1. The molecule has 0 aliphatic carbocycles. The minimum atomic E-state index is -0.0402. The molecule has 4 aromatic carbocycles. The van der Waals surface area contributed by atoms with Crippen LogP contribution >= 0.6 is 11.8 Å². The number of amidine groups is 1. The second-order valence-electron chi connectivity index (χ2n) is 8.58. The molecular weight excluding hydrogens is 452 g/mol. The van der Waals surface area contributed by atoms with Crippen LogP contribution in [0.15, 0.2) is 107 Å². The van der Waals surface area contributed by atoms with Crippen LogP contribution in [-0.4, -0.2) is 22.0 Å². The lowest BCUT2D eigenvalue weighted by Crippen LogP contribution is -2.35. The predicted molar refractivity (Wildman–Crippen MR) is 146 cm³/mol. The number of hydrogen-bond acceptors (Lipinski definition) is 4. The molecule has 4 nitrogen and oxygen atoms in total. The highest BCUT2D eigenvalue weighted by atomic mass is 32.2. The average molecular weight is 479 g/mol. The molecule has 0 aromatic heterocycles. The van der Waals surface area contributed by atoms with Crippen molar-refractivity contribution < 1.29 is 9.53 Å². The van der Waals surface area contributed by atoms with Gasteiger partial charge in [-0.05, 0) is 66.2 Å². The van der Waals surface area contributed by atoms with Gasteiger partial charge in [-0.15, -0.1) is 0 Å². The Morgan fingerprint density at radius 3 is 2.31 bits per heavy atom. The van der Waals surface area contributed by atoms with E-state index in [1.54, 1.807) is 4.90 Å². The summed E-state index contributed by atoms with van der Waals surface area (Å²) in [6, 6.07) is 32.0. The Morgan fingerprint density at radius 1 is 0.886 bits per heavy atom. The van der Waals surface area contributed by atoms with Crippen molar-refractivity contribution >= 4 is 45.4 Å². The molecule has 0 bridgehead atoms. The summed E-state index contributed by atoms with van der Waals surface area (Å²) in [6.45, 7) is 4.47. The fraction of sp³-hybridized carbons (Fsp3) is 0.133. The molecule has 1 aliphatic heterocycles. The quantitative estimate of drug-likeness (QED) is 0.271. The number of ether oxygens (including phenoxy) is 1. The molecule has 35 heavy (non-hydrogen) atoms. The molecule has 1 fully saturated rings. The van der Waals surface area contributed by atoms with E-state index in [1.165, 1.54) is 11.8 Å². The van der Waals surface area contributed by atoms with Crippen molar-refractivity contribution in [3.05, 3.63) is 113 Å². The fourth-order valence-electron chi connectivity index (χ4n) is 4.05. The van der Waals surface area contributed by atoms with Crippen molar-refractivity contribution in [1.29, 1.82) is 0 Å². The number of carbonyl (C=O) groups excluding carboxylic acids is 1. The minimum absolute atomic E-state index is 0.00955. The second-order valence-corrected chi connectivity index (χ2v) is 9.59. The van der Waals surface area contributed by atoms with Gasteiger partial charge in [-0.1, -0.05) is 78.9 Å². The molecule has 0 unspecified atom stereocenters. The maximum absolute atomic E-state index is 13.5. The monoisotopic (exact) mass is 478 g/mol. The Morgan fingerprint density at radius 2 is 1.57 bits per heavy atom. The molecule has 5 heteroatoms. The topological polar surface area (TPSA) is 41.9 Å². The number of thioether (sulfide) groups is 1. The molecule has 1 amide bonds. The highest BCUT2D eigenvalue weighted by Gasteiger charge is 2.35. The summed E-state index contributed by atoms with van der Waals surface area (Å²) in [5, 5.41) is 2.83. The van der Waals surface area contributed by atoms with Crippen LogP contribution < -0.4 is 4.74 Å². The number of rotatable bonds is 6. The lowest BCUT2D eigenvalue weighted by Gasteiger charge is -2.19. The van der Waals surface area contributed by atoms with E-state index in [4.69, 9.17) is 9.73 Å². The van der Waals surface area contributed by atoms with E-state index in [-0.39, 0.29) is 11.9 Å². The van der Waals surface area contributed by atoms with Gasteiger partial charge in [0.05, 0.1) is 10.6 Å². The summed E-state index contributed by atoms with van der Waals surface area (Å²) in [5.41, 5.74) is 2.82. The largest absolute Gasteiger partial charge is 0.488 e. The maximum atomic E-state index is 13.5. The van der Waals surface area contributed by atoms with Gasteiger partial charge in [0.15, 0.2) is 5.17 Å². The van der Waals surface area contributed by atoms with E-state index in [0.717, 1.165) is 33.3 Å². The fourth-order valence-corrected chi connectivity index (χ4v) is 5.15. The van der Waals surface area contributed by atoms with E-state index < -0.39 is 0 Å². The minimum Gasteiger partial charge on any atom is -0.488 e. The number of nitrogens with zero attached hydrogens (tertiary/aromatic N) is 2. The number of amides is 1. The van der Waals surface area contributed by atoms with Crippen LogP contribution in [0.25, 0.3) is 16.8 Å². The summed E-state index contributed by atoms with van der Waals surface area (Å²) in [4.78, 5) is 20.7. The van der Waals surface area contributed by atoms with E-state index >= 15 is 0 Å². The first-order valence-corrected chi connectivity index (χ1v) is 12.5. The highest BCUT2D eigenvalue weighted by molar-refractivity contribution is 8.18. The van der Waals surface area contributed by atoms with Gasteiger partial charge in [0.2, 0.25) is 0 Å². The van der Waals surface area contributed by atoms with Crippen LogP contribution in [0.3, 0.4) is 0 Å². The number of fused-ring (bicyclic) bond motifs is 1. The van der Waals surface area contributed by atoms with Gasteiger partial charge in [-0.25, -0.2) is 4.99 Å². The van der Waals surface area contributed by atoms with Crippen LogP contribution in [0.2, 0.25) is 0 Å². The molecule has 1 saturated heterocycles. The summed E-state index contributed by atoms with van der Waals surface area (Å²) < 4.78 is 6.26. The zero-order valence-electron chi connectivity index (χ0n) is 19.7. The summed E-state index contributed by atoms with van der Waals surface area (Å²) in [7, 11) is 0. The number of carbonyl (C=O) groups is 1.